The van der Waals surface area contributed by atoms with Gasteiger partial charge in [0.15, 0.2) is 0 Å². The lowest BCUT2D eigenvalue weighted by Crippen LogP contribution is -2.28. The number of nitrogens with one attached hydrogen (secondary N) is 1. The van der Waals surface area contributed by atoms with Gasteiger partial charge in [-0.15, -0.1) is 11.3 Å². The fraction of sp³-hybridized carbons (Fsp3) is 0.700. The second-order valence-corrected chi connectivity index (χ2v) is 4.46. The maximum atomic E-state index is 4.63. The number of rotatable bonds is 2. The number of nitrogens with zero attached hydrogens (tertiary/aromatic N) is 1. The molecule has 0 aliphatic carbocycles. The Labute approximate surface area is 83.4 Å². The van der Waals surface area contributed by atoms with Gasteiger partial charge in [0, 0.05) is 17.8 Å². The monoisotopic (exact) mass is 196 g/mol. The van der Waals surface area contributed by atoms with E-state index in [1.165, 1.54) is 30.1 Å². The van der Waals surface area contributed by atoms with Crippen molar-refractivity contribution >= 4 is 11.3 Å². The molecule has 1 aromatic heterocycles. The summed E-state index contributed by atoms with van der Waals surface area (Å²) in [6.45, 7) is 4.47. The molecule has 0 bridgehead atoms. The minimum atomic E-state index is 0.680. The van der Waals surface area contributed by atoms with Crippen LogP contribution in [0, 0.1) is 0 Å². The molecule has 1 aromatic rings. The predicted molar refractivity (Wildman–Crippen MR) is 56.3 cm³/mol. The number of piperidine rings is 1. The van der Waals surface area contributed by atoms with Gasteiger partial charge in [0.1, 0.15) is 0 Å². The summed E-state index contributed by atoms with van der Waals surface area (Å²) in [6, 6.07) is 0. The first kappa shape index (κ1) is 9.16. The highest BCUT2D eigenvalue weighted by Gasteiger charge is 2.17. The molecule has 1 aliphatic rings. The molecule has 0 unspecified atom stereocenters. The summed E-state index contributed by atoms with van der Waals surface area (Å²) in [7, 11) is 0. The second kappa shape index (κ2) is 4.20. The van der Waals surface area contributed by atoms with Gasteiger partial charge in [-0.2, -0.15) is 0 Å². The SMILES string of the molecule is CCc1csc([C@@H]2CCCNC2)n1. The van der Waals surface area contributed by atoms with Crippen LogP contribution in [0.1, 0.15) is 36.4 Å². The van der Waals surface area contributed by atoms with Crippen molar-refractivity contribution in [3.8, 4) is 0 Å². The van der Waals surface area contributed by atoms with Crippen molar-refractivity contribution in [2.75, 3.05) is 13.1 Å². The van der Waals surface area contributed by atoms with Crippen molar-refractivity contribution in [2.45, 2.75) is 32.1 Å². The first-order valence-electron chi connectivity index (χ1n) is 5.05. The van der Waals surface area contributed by atoms with Gasteiger partial charge >= 0.3 is 0 Å². The summed E-state index contributed by atoms with van der Waals surface area (Å²) in [5.74, 6) is 0.680. The molecular weight excluding hydrogens is 180 g/mol. The largest absolute Gasteiger partial charge is 0.316 e. The molecule has 2 heterocycles. The Bertz CT molecular complexity index is 264. The molecule has 1 saturated heterocycles. The molecule has 1 atom stereocenters. The zero-order chi connectivity index (χ0) is 9.10. The first-order chi connectivity index (χ1) is 6.40. The van der Waals surface area contributed by atoms with E-state index < -0.39 is 0 Å². The molecule has 0 aromatic carbocycles. The van der Waals surface area contributed by atoms with Gasteiger partial charge in [-0.05, 0) is 25.8 Å². The average molecular weight is 196 g/mol. The van der Waals surface area contributed by atoms with Crippen LogP contribution in [-0.4, -0.2) is 18.1 Å². The van der Waals surface area contributed by atoms with Crippen LogP contribution >= 0.6 is 11.3 Å². The van der Waals surface area contributed by atoms with E-state index in [2.05, 4.69) is 22.6 Å². The van der Waals surface area contributed by atoms with Gasteiger partial charge in [-0.1, -0.05) is 6.92 Å². The Morgan fingerprint density at radius 2 is 2.62 bits per heavy atom. The molecule has 2 nitrogen and oxygen atoms in total. The predicted octanol–water partition coefficient (Wildman–Crippen LogP) is 2.17. The molecular formula is C10H16N2S. The van der Waals surface area contributed by atoms with Crippen molar-refractivity contribution in [1.82, 2.24) is 10.3 Å². The summed E-state index contributed by atoms with van der Waals surface area (Å²) in [5, 5.41) is 6.96. The van der Waals surface area contributed by atoms with Crippen molar-refractivity contribution in [1.29, 1.82) is 0 Å². The van der Waals surface area contributed by atoms with Gasteiger partial charge in [0.05, 0.1) is 10.7 Å². The van der Waals surface area contributed by atoms with E-state index in [1.807, 2.05) is 11.3 Å². The topological polar surface area (TPSA) is 24.9 Å². The molecule has 1 fully saturated rings. The maximum absolute atomic E-state index is 4.63. The molecule has 0 saturated carbocycles. The molecule has 0 spiro atoms. The van der Waals surface area contributed by atoms with E-state index in [4.69, 9.17) is 0 Å². The molecule has 2 rings (SSSR count). The normalized spacial score (nSPS) is 23.3. The molecule has 3 heteroatoms. The number of hydrogen-bond acceptors (Lipinski definition) is 3. The van der Waals surface area contributed by atoms with Crippen LogP contribution in [0.5, 0.6) is 0 Å². The summed E-state index contributed by atoms with van der Waals surface area (Å²) in [6.07, 6.45) is 3.67. The van der Waals surface area contributed by atoms with Crippen molar-refractivity contribution < 1.29 is 0 Å². The van der Waals surface area contributed by atoms with E-state index in [1.54, 1.807) is 0 Å². The first-order valence-corrected chi connectivity index (χ1v) is 5.93. The Morgan fingerprint density at radius 1 is 1.69 bits per heavy atom. The van der Waals surface area contributed by atoms with Crippen LogP contribution in [0.15, 0.2) is 5.38 Å². The third-order valence-corrected chi connectivity index (χ3v) is 3.63. The van der Waals surface area contributed by atoms with Crippen LogP contribution in [0.4, 0.5) is 0 Å². The van der Waals surface area contributed by atoms with E-state index >= 15 is 0 Å². The van der Waals surface area contributed by atoms with Gasteiger partial charge in [-0.3, -0.25) is 0 Å². The van der Waals surface area contributed by atoms with Gasteiger partial charge in [-0.25, -0.2) is 4.98 Å². The van der Waals surface area contributed by atoms with Gasteiger partial charge in [0.2, 0.25) is 0 Å². The quantitative estimate of drug-likeness (QED) is 0.784. The number of thiazole rings is 1. The summed E-state index contributed by atoms with van der Waals surface area (Å²) >= 11 is 1.83. The summed E-state index contributed by atoms with van der Waals surface area (Å²) in [5.41, 5.74) is 1.26. The fourth-order valence-corrected chi connectivity index (χ4v) is 2.77. The third kappa shape index (κ3) is 2.09. The van der Waals surface area contributed by atoms with E-state index in [0.29, 0.717) is 5.92 Å². The van der Waals surface area contributed by atoms with Crippen molar-refractivity contribution in [2.24, 2.45) is 0 Å². The lowest BCUT2D eigenvalue weighted by molar-refractivity contribution is 0.460. The molecule has 13 heavy (non-hydrogen) atoms. The van der Waals surface area contributed by atoms with E-state index in [-0.39, 0.29) is 0 Å². The zero-order valence-corrected chi connectivity index (χ0v) is 8.86. The Hall–Kier alpha value is -0.410. The van der Waals surface area contributed by atoms with Gasteiger partial charge in [0.25, 0.3) is 0 Å². The average Bonchev–Trinajstić information content (AvgIpc) is 2.67. The van der Waals surface area contributed by atoms with E-state index in [0.717, 1.165) is 13.0 Å². The molecule has 1 N–H and O–H groups in total. The molecule has 1 aliphatic heterocycles. The Balaban J connectivity index is 2.05. The summed E-state index contributed by atoms with van der Waals surface area (Å²) in [4.78, 5) is 4.63. The third-order valence-electron chi connectivity index (χ3n) is 2.58. The number of aryl methyl sites for hydroxylation is 1. The van der Waals surface area contributed by atoms with Crippen LogP contribution in [-0.2, 0) is 6.42 Å². The highest BCUT2D eigenvalue weighted by Crippen LogP contribution is 2.26. The van der Waals surface area contributed by atoms with Crippen LogP contribution in [0.3, 0.4) is 0 Å². The summed E-state index contributed by atoms with van der Waals surface area (Å²) < 4.78 is 0. The smallest absolute Gasteiger partial charge is 0.0971 e. The van der Waals surface area contributed by atoms with Crippen molar-refractivity contribution in [3.05, 3.63) is 16.1 Å². The number of hydrogen-bond donors (Lipinski definition) is 1. The maximum Gasteiger partial charge on any atom is 0.0971 e. The lowest BCUT2D eigenvalue weighted by atomic mass is 10.0. The van der Waals surface area contributed by atoms with Crippen LogP contribution in [0.25, 0.3) is 0 Å². The highest BCUT2D eigenvalue weighted by molar-refractivity contribution is 7.09. The van der Waals surface area contributed by atoms with Crippen LogP contribution in [0.2, 0.25) is 0 Å². The minimum Gasteiger partial charge on any atom is -0.316 e. The molecule has 0 amide bonds. The zero-order valence-electron chi connectivity index (χ0n) is 8.05. The fourth-order valence-electron chi connectivity index (χ4n) is 1.74. The van der Waals surface area contributed by atoms with E-state index in [9.17, 15) is 0 Å². The molecule has 0 radical (unpaired) electrons. The number of aromatic nitrogens is 1. The van der Waals surface area contributed by atoms with Gasteiger partial charge < -0.3 is 5.32 Å². The lowest BCUT2D eigenvalue weighted by Gasteiger charge is -2.20. The standard InChI is InChI=1S/C10H16N2S/c1-2-9-7-13-10(12-9)8-4-3-5-11-6-8/h7-8,11H,2-6H2,1H3/t8-/m1/s1. The highest BCUT2D eigenvalue weighted by atomic mass is 32.1. The Kier molecular flexibility index (Phi) is 2.96. The van der Waals surface area contributed by atoms with Crippen LogP contribution < -0.4 is 5.32 Å². The molecule has 72 valence electrons. The minimum absolute atomic E-state index is 0.680. The second-order valence-electron chi connectivity index (χ2n) is 3.57. The van der Waals surface area contributed by atoms with Crippen molar-refractivity contribution in [3.63, 3.8) is 0 Å². The Morgan fingerprint density at radius 3 is 3.23 bits per heavy atom.